The van der Waals surface area contributed by atoms with Crippen molar-refractivity contribution in [3.8, 4) is 6.07 Å². The number of hydrogen-bond acceptors (Lipinski definition) is 7. The molecule has 2 N–H and O–H groups in total. The molecule has 30 heavy (non-hydrogen) atoms. The van der Waals surface area contributed by atoms with Crippen LogP contribution in [0, 0.1) is 23.2 Å². The molecule has 1 aromatic heterocycles. The van der Waals surface area contributed by atoms with E-state index in [2.05, 4.69) is 55.8 Å². The van der Waals surface area contributed by atoms with Crippen molar-refractivity contribution in [2.45, 2.75) is 25.7 Å². The quantitative estimate of drug-likeness (QED) is 0.700. The van der Waals surface area contributed by atoms with Crippen LogP contribution in [0.15, 0.2) is 30.3 Å². The highest BCUT2D eigenvalue weighted by atomic mass is 15.3. The van der Waals surface area contributed by atoms with Gasteiger partial charge in [0.15, 0.2) is 11.6 Å². The van der Waals surface area contributed by atoms with Gasteiger partial charge in [0.1, 0.15) is 11.6 Å². The first-order chi connectivity index (χ1) is 14.8. The van der Waals surface area contributed by atoms with Crippen molar-refractivity contribution in [3.05, 3.63) is 35.9 Å². The minimum atomic E-state index is 0.570. The van der Waals surface area contributed by atoms with E-state index in [0.717, 1.165) is 51.0 Å². The lowest BCUT2D eigenvalue weighted by Crippen LogP contribution is -2.47. The van der Waals surface area contributed by atoms with E-state index in [1.807, 2.05) is 6.07 Å². The number of rotatable bonds is 8. The summed E-state index contributed by atoms with van der Waals surface area (Å²) in [5.41, 5.74) is 1.82. The zero-order valence-corrected chi connectivity index (χ0v) is 17.3. The molecule has 5 rings (SSSR count). The topological polar surface area (TPSA) is 80.1 Å². The molecule has 7 nitrogen and oxygen atoms in total. The molecule has 1 saturated heterocycles. The fourth-order valence-electron chi connectivity index (χ4n) is 3.92. The summed E-state index contributed by atoms with van der Waals surface area (Å²) in [6.45, 7) is 5.29. The summed E-state index contributed by atoms with van der Waals surface area (Å²) in [5, 5.41) is 16.8. The number of anilines is 4. The Bertz CT molecular complexity index is 907. The van der Waals surface area contributed by atoms with E-state index in [1.54, 1.807) is 0 Å². The van der Waals surface area contributed by atoms with Gasteiger partial charge in [0.25, 0.3) is 0 Å². The second-order valence-corrected chi connectivity index (χ2v) is 8.66. The standard InChI is InChI=1S/C23H29N7/c24-14-20-21(25-15-17-6-7-17)27-23(26-16-18-8-9-18)28-22(20)30-12-10-29(11-13-30)19-4-2-1-3-5-19/h1-5,17-18H,6-13,15-16H2,(H2,25,26,27,28). The van der Waals surface area contributed by atoms with Crippen molar-refractivity contribution in [1.29, 1.82) is 5.26 Å². The molecule has 2 aromatic rings. The summed E-state index contributed by atoms with van der Waals surface area (Å²) in [5.74, 6) is 3.53. The molecule has 1 aromatic carbocycles. The lowest BCUT2D eigenvalue weighted by atomic mass is 10.2. The van der Waals surface area contributed by atoms with Crippen molar-refractivity contribution < 1.29 is 0 Å². The highest BCUT2D eigenvalue weighted by Crippen LogP contribution is 2.32. The Labute approximate surface area is 178 Å². The third kappa shape index (κ3) is 4.43. The highest BCUT2D eigenvalue weighted by Gasteiger charge is 2.27. The molecule has 0 amide bonds. The van der Waals surface area contributed by atoms with Gasteiger partial charge in [-0.2, -0.15) is 15.2 Å². The SMILES string of the molecule is N#Cc1c(NCC2CC2)nc(NCC2CC2)nc1N1CCN(c2ccccc2)CC1. The van der Waals surface area contributed by atoms with Crippen LogP contribution in [0.4, 0.5) is 23.3 Å². The van der Waals surface area contributed by atoms with Gasteiger partial charge in [0, 0.05) is 45.0 Å². The van der Waals surface area contributed by atoms with Gasteiger partial charge in [-0.3, -0.25) is 0 Å². The molecule has 0 unspecified atom stereocenters. The van der Waals surface area contributed by atoms with Crippen LogP contribution < -0.4 is 20.4 Å². The van der Waals surface area contributed by atoms with Gasteiger partial charge in [-0.1, -0.05) is 18.2 Å². The van der Waals surface area contributed by atoms with Crippen LogP contribution in [-0.2, 0) is 0 Å². The minimum Gasteiger partial charge on any atom is -0.368 e. The number of nitrogens with one attached hydrogen (secondary N) is 2. The summed E-state index contributed by atoms with van der Waals surface area (Å²) < 4.78 is 0. The molecule has 0 bridgehead atoms. The molecular formula is C23H29N7. The maximum Gasteiger partial charge on any atom is 0.226 e. The van der Waals surface area contributed by atoms with Crippen LogP contribution in [0.25, 0.3) is 0 Å². The normalized spacial score (nSPS) is 18.8. The molecule has 3 aliphatic rings. The third-order valence-corrected chi connectivity index (χ3v) is 6.20. The molecule has 2 saturated carbocycles. The zero-order chi connectivity index (χ0) is 20.3. The fraction of sp³-hybridized carbons (Fsp3) is 0.522. The first-order valence-corrected chi connectivity index (χ1v) is 11.1. The first-order valence-electron chi connectivity index (χ1n) is 11.1. The largest absolute Gasteiger partial charge is 0.368 e. The van der Waals surface area contributed by atoms with Gasteiger partial charge >= 0.3 is 0 Å². The maximum atomic E-state index is 9.93. The molecule has 0 atom stereocenters. The van der Waals surface area contributed by atoms with E-state index in [0.29, 0.717) is 23.2 Å². The highest BCUT2D eigenvalue weighted by molar-refractivity contribution is 5.68. The number of benzene rings is 1. The number of para-hydroxylation sites is 1. The van der Waals surface area contributed by atoms with Gasteiger partial charge in [-0.05, 0) is 49.7 Å². The van der Waals surface area contributed by atoms with Crippen LogP contribution in [0.3, 0.4) is 0 Å². The molecule has 156 valence electrons. The van der Waals surface area contributed by atoms with Gasteiger partial charge in [-0.25, -0.2) is 0 Å². The van der Waals surface area contributed by atoms with E-state index in [1.165, 1.54) is 31.4 Å². The van der Waals surface area contributed by atoms with Crippen molar-refractivity contribution in [3.63, 3.8) is 0 Å². The van der Waals surface area contributed by atoms with Crippen molar-refractivity contribution >= 4 is 23.3 Å². The summed E-state index contributed by atoms with van der Waals surface area (Å²) in [6, 6.07) is 12.9. The Kier molecular flexibility index (Phi) is 5.31. The Balaban J connectivity index is 1.35. The number of piperazine rings is 1. The average Bonchev–Trinajstić information content (AvgIpc) is 3.71. The number of aromatic nitrogens is 2. The molecule has 2 aliphatic carbocycles. The van der Waals surface area contributed by atoms with E-state index >= 15 is 0 Å². The second-order valence-electron chi connectivity index (χ2n) is 8.66. The van der Waals surface area contributed by atoms with Crippen LogP contribution in [0.5, 0.6) is 0 Å². The number of nitriles is 1. The van der Waals surface area contributed by atoms with Crippen molar-refractivity contribution in [2.75, 3.05) is 59.7 Å². The summed E-state index contributed by atoms with van der Waals surface area (Å²) in [6.07, 6.45) is 5.09. The average molecular weight is 404 g/mol. The molecular weight excluding hydrogens is 374 g/mol. The second kappa shape index (κ2) is 8.39. The summed E-state index contributed by atoms with van der Waals surface area (Å²) in [7, 11) is 0. The lowest BCUT2D eigenvalue weighted by molar-refractivity contribution is 0.646. The number of nitrogens with zero attached hydrogens (tertiary/aromatic N) is 5. The van der Waals surface area contributed by atoms with E-state index in [-0.39, 0.29) is 0 Å². The fourth-order valence-corrected chi connectivity index (χ4v) is 3.92. The molecule has 3 fully saturated rings. The third-order valence-electron chi connectivity index (χ3n) is 6.20. The van der Waals surface area contributed by atoms with E-state index in [9.17, 15) is 5.26 Å². The Morgan fingerprint density at radius 3 is 2.13 bits per heavy atom. The van der Waals surface area contributed by atoms with Gasteiger partial charge in [0.2, 0.25) is 5.95 Å². The van der Waals surface area contributed by atoms with Crippen molar-refractivity contribution in [2.24, 2.45) is 11.8 Å². The number of hydrogen-bond donors (Lipinski definition) is 2. The van der Waals surface area contributed by atoms with Crippen LogP contribution in [0.2, 0.25) is 0 Å². The minimum absolute atomic E-state index is 0.570. The monoisotopic (exact) mass is 403 g/mol. The zero-order valence-electron chi connectivity index (χ0n) is 17.3. The Morgan fingerprint density at radius 2 is 1.50 bits per heavy atom. The maximum absolute atomic E-state index is 9.93. The van der Waals surface area contributed by atoms with Crippen LogP contribution in [0.1, 0.15) is 31.2 Å². The molecule has 1 aliphatic heterocycles. The van der Waals surface area contributed by atoms with Gasteiger partial charge < -0.3 is 20.4 Å². The lowest BCUT2D eigenvalue weighted by Gasteiger charge is -2.37. The van der Waals surface area contributed by atoms with Gasteiger partial charge in [-0.15, -0.1) is 0 Å². The molecule has 0 radical (unpaired) electrons. The smallest absolute Gasteiger partial charge is 0.226 e. The molecule has 2 heterocycles. The first kappa shape index (κ1) is 19.0. The molecule has 0 spiro atoms. The van der Waals surface area contributed by atoms with E-state index < -0.39 is 0 Å². The van der Waals surface area contributed by atoms with E-state index in [4.69, 9.17) is 4.98 Å². The predicted octanol–water partition coefficient (Wildman–Crippen LogP) is 3.32. The Hall–Kier alpha value is -3.01. The van der Waals surface area contributed by atoms with Crippen molar-refractivity contribution in [1.82, 2.24) is 9.97 Å². The Morgan fingerprint density at radius 1 is 0.867 bits per heavy atom. The van der Waals surface area contributed by atoms with Crippen LogP contribution >= 0.6 is 0 Å². The van der Waals surface area contributed by atoms with Crippen LogP contribution in [-0.4, -0.2) is 49.2 Å². The molecule has 7 heteroatoms. The summed E-state index contributed by atoms with van der Waals surface area (Å²) >= 11 is 0. The predicted molar refractivity (Wildman–Crippen MR) is 120 cm³/mol. The summed E-state index contributed by atoms with van der Waals surface area (Å²) in [4.78, 5) is 14.1. The van der Waals surface area contributed by atoms with Gasteiger partial charge in [0.05, 0.1) is 0 Å².